The lowest BCUT2D eigenvalue weighted by atomic mass is 10.1. The van der Waals surface area contributed by atoms with Crippen LogP contribution < -0.4 is 4.74 Å². The maximum absolute atomic E-state index is 11.6. The Hall–Kier alpha value is -2.31. The summed E-state index contributed by atoms with van der Waals surface area (Å²) in [5.41, 5.74) is 1.23. The van der Waals surface area contributed by atoms with Crippen molar-refractivity contribution in [3.05, 3.63) is 18.0 Å². The molecule has 1 aliphatic heterocycles. The van der Waals surface area contributed by atoms with Gasteiger partial charge in [0.05, 0.1) is 12.3 Å². The number of hydrogen-bond acceptors (Lipinski definition) is 4. The summed E-state index contributed by atoms with van der Waals surface area (Å²) in [5, 5.41) is 18.0. The van der Waals surface area contributed by atoms with Crippen LogP contribution in [0.15, 0.2) is 12.4 Å². The van der Waals surface area contributed by atoms with Crippen molar-refractivity contribution in [2.75, 3.05) is 0 Å². The molecule has 0 spiro atoms. The third kappa shape index (κ3) is 1.95. The Morgan fingerprint density at radius 1 is 1.60 bits per heavy atom. The van der Waals surface area contributed by atoms with Crippen molar-refractivity contribution in [3.8, 4) is 17.1 Å². The van der Waals surface area contributed by atoms with Crippen LogP contribution in [0.3, 0.4) is 0 Å². The zero-order valence-electron chi connectivity index (χ0n) is 11.4. The van der Waals surface area contributed by atoms with Crippen molar-refractivity contribution in [2.24, 2.45) is 0 Å². The predicted octanol–water partition coefficient (Wildman–Crippen LogP) is 1.64. The van der Waals surface area contributed by atoms with Gasteiger partial charge in [0.2, 0.25) is 5.88 Å². The van der Waals surface area contributed by atoms with Gasteiger partial charge >= 0.3 is 5.97 Å². The Morgan fingerprint density at radius 3 is 3.05 bits per heavy atom. The second-order valence-corrected chi connectivity index (χ2v) is 4.86. The molecule has 2 aromatic rings. The molecule has 0 bridgehead atoms. The number of rotatable bonds is 3. The van der Waals surface area contributed by atoms with E-state index in [1.807, 2.05) is 13.8 Å². The van der Waals surface area contributed by atoms with Gasteiger partial charge in [0.25, 0.3) is 0 Å². The molecule has 106 valence electrons. The monoisotopic (exact) mass is 276 g/mol. The molecule has 3 rings (SSSR count). The zero-order chi connectivity index (χ0) is 14.3. The van der Waals surface area contributed by atoms with Crippen LogP contribution in [-0.2, 0) is 13.1 Å². The lowest BCUT2D eigenvalue weighted by Gasteiger charge is -2.21. The van der Waals surface area contributed by atoms with Crippen molar-refractivity contribution in [2.45, 2.75) is 39.5 Å². The smallest absolute Gasteiger partial charge is 0.343 e. The summed E-state index contributed by atoms with van der Waals surface area (Å²) < 4.78 is 9.02. The molecule has 0 unspecified atom stereocenters. The van der Waals surface area contributed by atoms with Crippen LogP contribution in [0.1, 0.15) is 30.6 Å². The Labute approximate surface area is 115 Å². The molecule has 0 aliphatic carbocycles. The second kappa shape index (κ2) is 4.66. The van der Waals surface area contributed by atoms with Crippen LogP contribution >= 0.6 is 0 Å². The molecule has 0 aromatic carbocycles. The van der Waals surface area contributed by atoms with Gasteiger partial charge in [-0.15, -0.1) is 0 Å². The zero-order valence-corrected chi connectivity index (χ0v) is 11.4. The maximum atomic E-state index is 11.6. The molecule has 3 heterocycles. The topological polar surface area (TPSA) is 82.2 Å². The van der Waals surface area contributed by atoms with Crippen molar-refractivity contribution >= 4 is 5.97 Å². The molecule has 0 saturated carbocycles. The summed E-state index contributed by atoms with van der Waals surface area (Å²) in [7, 11) is 0. The van der Waals surface area contributed by atoms with E-state index in [2.05, 4.69) is 10.2 Å². The number of carboxylic acid groups (broad SMARTS) is 1. The summed E-state index contributed by atoms with van der Waals surface area (Å²) in [6.07, 6.45) is 4.25. The van der Waals surface area contributed by atoms with E-state index >= 15 is 0 Å². The standard InChI is InChI=1S/C13H16N4O3/c1-3-16-7-9(6-14-16)11-10(13(18)19)12-17(15-11)5-4-8(2)20-12/h6-8H,3-5H2,1-2H3,(H,18,19)/t8-/m1/s1. The van der Waals surface area contributed by atoms with Crippen LogP contribution in [0.25, 0.3) is 11.3 Å². The minimum absolute atomic E-state index is 0.00325. The fourth-order valence-corrected chi connectivity index (χ4v) is 2.32. The van der Waals surface area contributed by atoms with Gasteiger partial charge in [-0.2, -0.15) is 10.2 Å². The SMILES string of the molecule is CCn1cc(-c2nn3c(c2C(=O)O)O[C@H](C)CC3)cn1. The average Bonchev–Trinajstić information content (AvgIpc) is 3.01. The van der Waals surface area contributed by atoms with Gasteiger partial charge in [-0.3, -0.25) is 4.68 Å². The largest absolute Gasteiger partial charge is 0.477 e. The number of carboxylic acids is 1. The van der Waals surface area contributed by atoms with Crippen molar-refractivity contribution in [1.29, 1.82) is 0 Å². The summed E-state index contributed by atoms with van der Waals surface area (Å²) in [4.78, 5) is 11.6. The van der Waals surface area contributed by atoms with Crippen LogP contribution in [0, 0.1) is 0 Å². The summed E-state index contributed by atoms with van der Waals surface area (Å²) in [6, 6.07) is 0. The molecular weight excluding hydrogens is 260 g/mol. The minimum Gasteiger partial charge on any atom is -0.477 e. The molecule has 1 N–H and O–H groups in total. The molecule has 0 radical (unpaired) electrons. The lowest BCUT2D eigenvalue weighted by molar-refractivity contribution is 0.0684. The number of aromatic carboxylic acids is 1. The fraction of sp³-hybridized carbons (Fsp3) is 0.462. The van der Waals surface area contributed by atoms with E-state index in [-0.39, 0.29) is 11.7 Å². The van der Waals surface area contributed by atoms with Crippen LogP contribution in [-0.4, -0.2) is 36.7 Å². The van der Waals surface area contributed by atoms with Gasteiger partial charge in [0.1, 0.15) is 11.3 Å². The maximum Gasteiger partial charge on any atom is 0.343 e. The van der Waals surface area contributed by atoms with Gasteiger partial charge in [-0.25, -0.2) is 9.48 Å². The van der Waals surface area contributed by atoms with Crippen LogP contribution in [0.2, 0.25) is 0 Å². The third-order valence-electron chi connectivity index (χ3n) is 3.41. The van der Waals surface area contributed by atoms with E-state index in [1.54, 1.807) is 21.8 Å². The Balaban J connectivity index is 2.13. The molecule has 0 saturated heterocycles. The summed E-state index contributed by atoms with van der Waals surface area (Å²) in [5.74, 6) is -0.685. The van der Waals surface area contributed by atoms with E-state index in [0.29, 0.717) is 23.7 Å². The molecule has 1 atom stereocenters. The molecule has 7 nitrogen and oxygen atoms in total. The van der Waals surface area contributed by atoms with E-state index < -0.39 is 5.97 Å². The predicted molar refractivity (Wildman–Crippen MR) is 70.8 cm³/mol. The van der Waals surface area contributed by atoms with Gasteiger partial charge in [-0.1, -0.05) is 0 Å². The van der Waals surface area contributed by atoms with Crippen molar-refractivity contribution in [3.63, 3.8) is 0 Å². The highest BCUT2D eigenvalue weighted by molar-refractivity contribution is 5.97. The fourth-order valence-electron chi connectivity index (χ4n) is 2.32. The quantitative estimate of drug-likeness (QED) is 0.921. The Morgan fingerprint density at radius 2 is 2.40 bits per heavy atom. The molecule has 20 heavy (non-hydrogen) atoms. The first-order valence-electron chi connectivity index (χ1n) is 6.63. The number of nitrogens with zero attached hydrogens (tertiary/aromatic N) is 4. The number of aryl methyl sites for hydroxylation is 2. The van der Waals surface area contributed by atoms with Gasteiger partial charge in [0, 0.05) is 31.3 Å². The first kappa shape index (κ1) is 12.7. The summed E-state index contributed by atoms with van der Waals surface area (Å²) >= 11 is 0. The van der Waals surface area contributed by atoms with Crippen LogP contribution in [0.4, 0.5) is 0 Å². The highest BCUT2D eigenvalue weighted by Crippen LogP contribution is 2.33. The average molecular weight is 276 g/mol. The summed E-state index contributed by atoms with van der Waals surface area (Å²) in [6.45, 7) is 5.29. The number of fused-ring (bicyclic) bond motifs is 1. The highest BCUT2D eigenvalue weighted by Gasteiger charge is 2.30. The van der Waals surface area contributed by atoms with E-state index in [0.717, 1.165) is 13.0 Å². The number of carbonyl (C=O) groups is 1. The normalized spacial score (nSPS) is 17.6. The van der Waals surface area contributed by atoms with E-state index in [9.17, 15) is 9.90 Å². The second-order valence-electron chi connectivity index (χ2n) is 4.86. The van der Waals surface area contributed by atoms with Crippen molar-refractivity contribution in [1.82, 2.24) is 19.6 Å². The molecule has 2 aromatic heterocycles. The third-order valence-corrected chi connectivity index (χ3v) is 3.41. The van der Waals surface area contributed by atoms with Crippen LogP contribution in [0.5, 0.6) is 5.88 Å². The number of aromatic nitrogens is 4. The lowest BCUT2D eigenvalue weighted by Crippen LogP contribution is -2.24. The minimum atomic E-state index is -1.03. The van der Waals surface area contributed by atoms with Crippen molar-refractivity contribution < 1.29 is 14.6 Å². The first-order valence-corrected chi connectivity index (χ1v) is 6.63. The molecule has 1 aliphatic rings. The molecular formula is C13H16N4O3. The molecule has 7 heteroatoms. The molecule has 0 amide bonds. The van der Waals surface area contributed by atoms with Gasteiger partial charge in [0.15, 0.2) is 0 Å². The Bertz CT molecular complexity index is 659. The van der Waals surface area contributed by atoms with E-state index in [1.165, 1.54) is 0 Å². The van der Waals surface area contributed by atoms with Gasteiger partial charge in [-0.05, 0) is 13.8 Å². The number of ether oxygens (including phenoxy) is 1. The number of hydrogen-bond donors (Lipinski definition) is 1. The first-order chi connectivity index (χ1) is 9.60. The van der Waals surface area contributed by atoms with E-state index in [4.69, 9.17) is 4.74 Å². The highest BCUT2D eigenvalue weighted by atomic mass is 16.5. The Kier molecular flexibility index (Phi) is 2.96. The molecule has 0 fully saturated rings. The van der Waals surface area contributed by atoms with Gasteiger partial charge < -0.3 is 9.84 Å².